The average molecular weight is 318 g/mol. The summed E-state index contributed by atoms with van der Waals surface area (Å²) in [6.45, 7) is 1.45. The van der Waals surface area contributed by atoms with E-state index in [1.54, 1.807) is 6.20 Å². The Hall–Kier alpha value is -3.08. The van der Waals surface area contributed by atoms with Gasteiger partial charge < -0.3 is 14.8 Å². The predicted molar refractivity (Wildman–Crippen MR) is 92.7 cm³/mol. The molecular formula is C19H18N4O. The van der Waals surface area contributed by atoms with Crippen LogP contribution in [0.15, 0.2) is 73.2 Å². The molecule has 1 atom stereocenters. The highest BCUT2D eigenvalue weighted by Gasteiger charge is 2.32. The Balaban J connectivity index is 1.67. The Bertz CT molecular complexity index is 829. The number of fused-ring (bicyclic) bond motifs is 1. The van der Waals surface area contributed by atoms with Gasteiger partial charge in [0.1, 0.15) is 6.04 Å². The predicted octanol–water partition coefficient (Wildman–Crippen LogP) is 3.52. The molecule has 1 aliphatic rings. The first-order valence-electron chi connectivity index (χ1n) is 8.00. The van der Waals surface area contributed by atoms with Crippen LogP contribution in [-0.2, 0) is 6.54 Å². The molecule has 1 N–H and O–H groups in total. The largest absolute Gasteiger partial charge is 0.348 e. The van der Waals surface area contributed by atoms with E-state index in [2.05, 4.69) is 27.1 Å². The van der Waals surface area contributed by atoms with Crippen LogP contribution in [-0.4, -0.2) is 27.0 Å². The quantitative estimate of drug-likeness (QED) is 0.786. The molecule has 24 heavy (non-hydrogen) atoms. The number of carbonyl (C=O) groups excluding carboxylic acids is 1. The van der Waals surface area contributed by atoms with E-state index in [0.717, 1.165) is 23.5 Å². The summed E-state index contributed by atoms with van der Waals surface area (Å²) in [5.74, 6) is 0. The molecule has 0 saturated carbocycles. The monoisotopic (exact) mass is 318 g/mol. The molecule has 0 aliphatic carbocycles. The molecule has 2 amide bonds. The second-order valence-corrected chi connectivity index (χ2v) is 5.80. The minimum Gasteiger partial charge on any atom is -0.348 e. The lowest BCUT2D eigenvalue weighted by Gasteiger charge is -2.37. The zero-order valence-corrected chi connectivity index (χ0v) is 13.2. The van der Waals surface area contributed by atoms with Gasteiger partial charge in [0.15, 0.2) is 0 Å². The number of anilines is 1. The fourth-order valence-corrected chi connectivity index (χ4v) is 3.21. The van der Waals surface area contributed by atoms with Crippen LogP contribution < -0.4 is 5.32 Å². The summed E-state index contributed by atoms with van der Waals surface area (Å²) in [6.07, 6.45) is 5.64. The highest BCUT2D eigenvalue weighted by atomic mass is 16.2. The topological polar surface area (TPSA) is 50.2 Å². The van der Waals surface area contributed by atoms with Crippen molar-refractivity contribution in [3.05, 3.63) is 84.4 Å². The SMILES string of the molecule is O=C(Nc1ccccc1)N1CCn2cccc2[C@H]1c1cccnc1. The van der Waals surface area contributed by atoms with Crippen LogP contribution >= 0.6 is 0 Å². The second kappa shape index (κ2) is 6.20. The van der Waals surface area contributed by atoms with Gasteiger partial charge in [0.2, 0.25) is 0 Å². The Labute approximate surface area is 140 Å². The number of hydrogen-bond acceptors (Lipinski definition) is 2. The van der Waals surface area contributed by atoms with Crippen molar-refractivity contribution in [2.45, 2.75) is 12.6 Å². The third kappa shape index (κ3) is 2.65. The molecule has 3 aromatic rings. The number of para-hydroxylation sites is 1. The van der Waals surface area contributed by atoms with E-state index in [1.165, 1.54) is 0 Å². The van der Waals surface area contributed by atoms with E-state index >= 15 is 0 Å². The number of rotatable bonds is 2. The molecule has 5 heteroatoms. The number of amides is 2. The first kappa shape index (κ1) is 14.5. The van der Waals surface area contributed by atoms with Gasteiger partial charge in [0, 0.05) is 43.1 Å². The average Bonchev–Trinajstić information content (AvgIpc) is 3.11. The molecule has 4 rings (SSSR count). The number of nitrogens with one attached hydrogen (secondary N) is 1. The van der Waals surface area contributed by atoms with Crippen LogP contribution in [0.1, 0.15) is 17.3 Å². The van der Waals surface area contributed by atoms with Crippen LogP contribution in [0, 0.1) is 0 Å². The Morgan fingerprint density at radius 2 is 1.92 bits per heavy atom. The Morgan fingerprint density at radius 3 is 2.71 bits per heavy atom. The number of urea groups is 1. The van der Waals surface area contributed by atoms with Crippen LogP contribution in [0.2, 0.25) is 0 Å². The number of hydrogen-bond donors (Lipinski definition) is 1. The molecule has 5 nitrogen and oxygen atoms in total. The van der Waals surface area contributed by atoms with Gasteiger partial charge >= 0.3 is 6.03 Å². The Kier molecular flexibility index (Phi) is 3.75. The highest BCUT2D eigenvalue weighted by Crippen LogP contribution is 2.32. The van der Waals surface area contributed by atoms with Crippen molar-refractivity contribution >= 4 is 11.7 Å². The van der Waals surface area contributed by atoms with Gasteiger partial charge in [0.25, 0.3) is 0 Å². The third-order valence-corrected chi connectivity index (χ3v) is 4.32. The third-order valence-electron chi connectivity index (χ3n) is 4.32. The van der Waals surface area contributed by atoms with E-state index in [0.29, 0.717) is 6.54 Å². The lowest BCUT2D eigenvalue weighted by molar-refractivity contribution is 0.181. The minimum atomic E-state index is -0.133. The van der Waals surface area contributed by atoms with Crippen molar-refractivity contribution in [1.82, 2.24) is 14.5 Å². The van der Waals surface area contributed by atoms with E-state index in [1.807, 2.05) is 59.6 Å². The second-order valence-electron chi connectivity index (χ2n) is 5.80. The summed E-state index contributed by atoms with van der Waals surface area (Å²) < 4.78 is 2.20. The fourth-order valence-electron chi connectivity index (χ4n) is 3.21. The molecule has 0 bridgehead atoms. The van der Waals surface area contributed by atoms with Gasteiger partial charge in [-0.1, -0.05) is 24.3 Å². The molecule has 1 aliphatic heterocycles. The van der Waals surface area contributed by atoms with Crippen molar-refractivity contribution < 1.29 is 4.79 Å². The molecule has 1 aromatic carbocycles. The number of aromatic nitrogens is 2. The molecule has 0 unspecified atom stereocenters. The van der Waals surface area contributed by atoms with Crippen molar-refractivity contribution in [3.8, 4) is 0 Å². The molecule has 2 aromatic heterocycles. The van der Waals surface area contributed by atoms with Gasteiger partial charge in [-0.15, -0.1) is 0 Å². The maximum Gasteiger partial charge on any atom is 0.322 e. The van der Waals surface area contributed by atoms with Gasteiger partial charge in [-0.2, -0.15) is 0 Å². The highest BCUT2D eigenvalue weighted by molar-refractivity contribution is 5.90. The summed E-state index contributed by atoms with van der Waals surface area (Å²) >= 11 is 0. The van der Waals surface area contributed by atoms with Gasteiger partial charge in [-0.05, 0) is 35.9 Å². The molecule has 0 radical (unpaired) electrons. The van der Waals surface area contributed by atoms with E-state index < -0.39 is 0 Å². The lowest BCUT2D eigenvalue weighted by atomic mass is 10.0. The maximum absolute atomic E-state index is 12.9. The van der Waals surface area contributed by atoms with E-state index in [9.17, 15) is 4.79 Å². The van der Waals surface area contributed by atoms with Crippen LogP contribution in [0.3, 0.4) is 0 Å². The first-order valence-corrected chi connectivity index (χ1v) is 8.00. The zero-order valence-electron chi connectivity index (χ0n) is 13.2. The lowest BCUT2D eigenvalue weighted by Crippen LogP contribution is -2.44. The number of benzene rings is 1. The van der Waals surface area contributed by atoms with Crippen LogP contribution in [0.4, 0.5) is 10.5 Å². The Morgan fingerprint density at radius 1 is 1.04 bits per heavy atom. The number of nitrogens with zero attached hydrogens (tertiary/aromatic N) is 3. The van der Waals surface area contributed by atoms with E-state index in [4.69, 9.17) is 0 Å². The molecule has 0 spiro atoms. The van der Waals surface area contributed by atoms with Gasteiger partial charge in [-0.3, -0.25) is 4.98 Å². The summed E-state index contributed by atoms with van der Waals surface area (Å²) in [7, 11) is 0. The van der Waals surface area contributed by atoms with Crippen molar-refractivity contribution in [1.29, 1.82) is 0 Å². The molecule has 0 fully saturated rings. The number of carbonyl (C=O) groups is 1. The van der Waals surface area contributed by atoms with Gasteiger partial charge in [0.05, 0.1) is 0 Å². The smallest absolute Gasteiger partial charge is 0.322 e. The van der Waals surface area contributed by atoms with Crippen molar-refractivity contribution in [2.24, 2.45) is 0 Å². The summed E-state index contributed by atoms with van der Waals surface area (Å²) in [5, 5.41) is 2.99. The standard InChI is InChI=1S/C19H18N4O/c24-19(21-16-7-2-1-3-8-16)23-13-12-22-11-5-9-17(22)18(23)15-6-4-10-20-14-15/h1-11,14,18H,12-13H2,(H,21,24)/t18-/m1/s1. The maximum atomic E-state index is 12.9. The molecule has 3 heterocycles. The minimum absolute atomic E-state index is 0.0949. The number of pyridine rings is 1. The molecular weight excluding hydrogens is 300 g/mol. The first-order chi connectivity index (χ1) is 11.8. The zero-order chi connectivity index (χ0) is 16.4. The summed E-state index contributed by atoms with van der Waals surface area (Å²) in [4.78, 5) is 19.0. The summed E-state index contributed by atoms with van der Waals surface area (Å²) in [6, 6.07) is 17.3. The van der Waals surface area contributed by atoms with Crippen LogP contribution in [0.25, 0.3) is 0 Å². The summed E-state index contributed by atoms with van der Waals surface area (Å²) in [5.41, 5.74) is 2.92. The molecule has 0 saturated heterocycles. The van der Waals surface area contributed by atoms with E-state index in [-0.39, 0.29) is 12.1 Å². The van der Waals surface area contributed by atoms with Crippen molar-refractivity contribution in [2.75, 3.05) is 11.9 Å². The normalized spacial score (nSPS) is 16.5. The van der Waals surface area contributed by atoms with Crippen molar-refractivity contribution in [3.63, 3.8) is 0 Å². The molecule has 120 valence electrons. The fraction of sp³-hybridized carbons (Fsp3) is 0.158. The van der Waals surface area contributed by atoms with Gasteiger partial charge in [-0.25, -0.2) is 4.79 Å². The van der Waals surface area contributed by atoms with Crippen LogP contribution in [0.5, 0.6) is 0 Å².